The van der Waals surface area contributed by atoms with E-state index in [4.69, 9.17) is 4.98 Å². The number of rotatable bonds is 6. The number of halogens is 3. The first-order valence-electron chi connectivity index (χ1n) is 14.7. The highest BCUT2D eigenvalue weighted by Crippen LogP contribution is 2.37. The molecule has 0 saturated carbocycles. The second-order valence-electron chi connectivity index (χ2n) is 12.3. The summed E-state index contributed by atoms with van der Waals surface area (Å²) >= 11 is 0. The Morgan fingerprint density at radius 3 is 2.49 bits per heavy atom. The van der Waals surface area contributed by atoms with Crippen molar-refractivity contribution in [3.8, 4) is 17.2 Å². The van der Waals surface area contributed by atoms with E-state index < -0.39 is 11.9 Å². The molecule has 43 heavy (non-hydrogen) atoms. The van der Waals surface area contributed by atoms with Crippen LogP contribution < -0.4 is 9.80 Å². The maximum absolute atomic E-state index is 12.9. The summed E-state index contributed by atoms with van der Waals surface area (Å²) in [5.41, 5.74) is 4.37. The van der Waals surface area contributed by atoms with E-state index >= 15 is 0 Å². The molecule has 0 aliphatic carbocycles. The Balaban J connectivity index is 1.20. The van der Waals surface area contributed by atoms with Gasteiger partial charge in [-0.25, -0.2) is 9.50 Å². The number of piperazine rings is 1. The highest BCUT2D eigenvalue weighted by molar-refractivity contribution is 5.86. The third-order valence-corrected chi connectivity index (χ3v) is 8.72. The zero-order valence-corrected chi connectivity index (χ0v) is 24.6. The number of hydrogen-bond donors (Lipinski definition) is 0. The summed E-state index contributed by atoms with van der Waals surface area (Å²) < 4.78 is 40.5. The minimum atomic E-state index is -4.44. The summed E-state index contributed by atoms with van der Waals surface area (Å²) in [4.78, 5) is 15.4. The molecule has 4 aromatic heterocycles. The Bertz CT molecular complexity index is 1640. The van der Waals surface area contributed by atoms with Crippen molar-refractivity contribution in [1.82, 2.24) is 24.5 Å². The van der Waals surface area contributed by atoms with E-state index in [0.717, 1.165) is 85.3 Å². The molecule has 0 radical (unpaired) electrons. The zero-order chi connectivity index (χ0) is 30.4. The zero-order valence-electron chi connectivity index (χ0n) is 24.6. The van der Waals surface area contributed by atoms with Gasteiger partial charge in [0.2, 0.25) is 0 Å². The molecule has 0 bridgehead atoms. The van der Waals surface area contributed by atoms with Gasteiger partial charge in [0.15, 0.2) is 0 Å². The van der Waals surface area contributed by atoms with Crippen molar-refractivity contribution >= 4 is 17.0 Å². The van der Waals surface area contributed by atoms with Gasteiger partial charge in [0.25, 0.3) is 0 Å². The van der Waals surface area contributed by atoms with E-state index in [9.17, 15) is 18.4 Å². The van der Waals surface area contributed by atoms with Gasteiger partial charge >= 0.3 is 6.18 Å². The third kappa shape index (κ3) is 5.89. The Kier molecular flexibility index (Phi) is 7.50. The molecular weight excluding hydrogens is 553 g/mol. The van der Waals surface area contributed by atoms with Crippen molar-refractivity contribution in [1.29, 1.82) is 5.26 Å². The van der Waals surface area contributed by atoms with Gasteiger partial charge in [-0.1, -0.05) is 26.8 Å². The summed E-state index contributed by atoms with van der Waals surface area (Å²) in [5, 5.41) is 14.3. The van der Waals surface area contributed by atoms with Crippen LogP contribution in [0.2, 0.25) is 0 Å². The molecule has 2 aliphatic rings. The molecule has 4 aromatic rings. The Morgan fingerprint density at radius 1 is 1.02 bits per heavy atom. The van der Waals surface area contributed by atoms with Crippen molar-refractivity contribution in [2.75, 3.05) is 42.5 Å². The van der Waals surface area contributed by atoms with Gasteiger partial charge in [-0.2, -0.15) is 23.5 Å². The van der Waals surface area contributed by atoms with E-state index in [1.807, 2.05) is 18.5 Å². The number of anilines is 2. The lowest BCUT2D eigenvalue weighted by Gasteiger charge is -2.41. The van der Waals surface area contributed by atoms with Gasteiger partial charge in [-0.15, -0.1) is 0 Å². The van der Waals surface area contributed by atoms with Gasteiger partial charge in [0, 0.05) is 68.8 Å². The fourth-order valence-electron chi connectivity index (χ4n) is 6.26. The lowest BCUT2D eigenvalue weighted by Crippen LogP contribution is -2.52. The normalized spacial score (nSPS) is 19.2. The fourth-order valence-corrected chi connectivity index (χ4v) is 6.26. The first kappa shape index (κ1) is 28.9. The SMILES string of the molecule is CCC1CN(c2ccc(-c3cc(N4CCC(C)(C)C4)cn4ncc(C#N)c34)cn2)CCN1Cc1ccc(C(F)(F)F)nc1. The summed E-state index contributed by atoms with van der Waals surface area (Å²) in [6.45, 7) is 11.5. The summed E-state index contributed by atoms with van der Waals surface area (Å²) in [7, 11) is 0. The molecule has 1 atom stereocenters. The molecule has 224 valence electrons. The largest absolute Gasteiger partial charge is 0.433 e. The molecule has 2 fully saturated rings. The predicted octanol–water partition coefficient (Wildman–Crippen LogP) is 6.02. The molecule has 0 amide bonds. The standard InChI is InChI=1S/C32H35F3N8/c1-4-25-19-41(12-11-40(25)18-22-5-7-28(37-15-22)32(33,34)35)29-8-6-23(16-38-29)27-13-26(42-10-9-31(2,3)21-42)20-43-30(27)24(14-36)17-39-43/h5-8,13,15-17,20,25H,4,9-12,18-19,21H2,1-3H3. The number of nitriles is 1. The van der Waals surface area contributed by atoms with Crippen LogP contribution >= 0.6 is 0 Å². The third-order valence-electron chi connectivity index (χ3n) is 8.72. The van der Waals surface area contributed by atoms with E-state index in [0.29, 0.717) is 12.1 Å². The van der Waals surface area contributed by atoms with Crippen LogP contribution in [0.5, 0.6) is 0 Å². The van der Waals surface area contributed by atoms with Crippen LogP contribution in [0.25, 0.3) is 16.6 Å². The minimum absolute atomic E-state index is 0.225. The predicted molar refractivity (Wildman–Crippen MR) is 160 cm³/mol. The van der Waals surface area contributed by atoms with E-state index in [-0.39, 0.29) is 11.5 Å². The maximum atomic E-state index is 12.9. The molecule has 0 N–H and O–H groups in total. The molecule has 11 heteroatoms. The molecule has 2 aliphatic heterocycles. The van der Waals surface area contributed by atoms with Crippen LogP contribution in [-0.2, 0) is 12.7 Å². The van der Waals surface area contributed by atoms with Gasteiger partial charge < -0.3 is 9.80 Å². The molecule has 1 unspecified atom stereocenters. The van der Waals surface area contributed by atoms with Crippen molar-refractivity contribution in [3.05, 3.63) is 71.9 Å². The second-order valence-corrected chi connectivity index (χ2v) is 12.3. The highest BCUT2D eigenvalue weighted by atomic mass is 19.4. The summed E-state index contributed by atoms with van der Waals surface area (Å²) in [6.07, 6.45) is 4.41. The van der Waals surface area contributed by atoms with E-state index in [1.165, 1.54) is 12.3 Å². The van der Waals surface area contributed by atoms with Crippen LogP contribution in [0.1, 0.15) is 50.4 Å². The van der Waals surface area contributed by atoms with Gasteiger partial charge in [0.05, 0.1) is 29.2 Å². The topological polar surface area (TPSA) is 76.6 Å². The first-order chi connectivity index (χ1) is 20.5. The summed E-state index contributed by atoms with van der Waals surface area (Å²) in [6, 6.07) is 11.3. The molecule has 2 saturated heterocycles. The number of alkyl halides is 3. The monoisotopic (exact) mass is 588 g/mol. The molecule has 0 spiro atoms. The molecule has 6 rings (SSSR count). The van der Waals surface area contributed by atoms with Crippen LogP contribution in [-0.4, -0.2) is 63.2 Å². The number of aromatic nitrogens is 4. The number of fused-ring (bicyclic) bond motifs is 1. The first-order valence-corrected chi connectivity index (χ1v) is 14.7. The molecule has 6 heterocycles. The number of hydrogen-bond acceptors (Lipinski definition) is 7. The lowest BCUT2D eigenvalue weighted by molar-refractivity contribution is -0.141. The highest BCUT2D eigenvalue weighted by Gasteiger charge is 2.33. The number of pyridine rings is 3. The van der Waals surface area contributed by atoms with Crippen molar-refractivity contribution in [2.45, 2.75) is 52.4 Å². The van der Waals surface area contributed by atoms with Crippen molar-refractivity contribution in [2.24, 2.45) is 5.41 Å². The van der Waals surface area contributed by atoms with Gasteiger partial charge in [-0.3, -0.25) is 9.88 Å². The van der Waals surface area contributed by atoms with Crippen LogP contribution in [0.3, 0.4) is 0 Å². The fraction of sp³-hybridized carbons (Fsp3) is 0.438. The van der Waals surface area contributed by atoms with Crippen LogP contribution in [0, 0.1) is 16.7 Å². The average molecular weight is 589 g/mol. The van der Waals surface area contributed by atoms with Crippen LogP contribution in [0.15, 0.2) is 55.1 Å². The van der Waals surface area contributed by atoms with Gasteiger partial charge in [-0.05, 0) is 48.1 Å². The molecular formula is C32H35F3N8. The molecule has 8 nitrogen and oxygen atoms in total. The summed E-state index contributed by atoms with van der Waals surface area (Å²) in [5.74, 6) is 0.875. The van der Waals surface area contributed by atoms with E-state index in [2.05, 4.69) is 63.8 Å². The van der Waals surface area contributed by atoms with E-state index in [1.54, 1.807) is 10.7 Å². The average Bonchev–Trinajstić information content (AvgIpc) is 3.59. The van der Waals surface area contributed by atoms with Crippen molar-refractivity contribution in [3.63, 3.8) is 0 Å². The Hall–Kier alpha value is -4.17. The molecule has 0 aromatic carbocycles. The number of nitrogens with zero attached hydrogens (tertiary/aromatic N) is 8. The quantitative estimate of drug-likeness (QED) is 0.273. The minimum Gasteiger partial charge on any atom is -0.370 e. The maximum Gasteiger partial charge on any atom is 0.433 e. The van der Waals surface area contributed by atoms with Gasteiger partial charge in [0.1, 0.15) is 17.6 Å². The van der Waals surface area contributed by atoms with Crippen molar-refractivity contribution < 1.29 is 13.2 Å². The van der Waals surface area contributed by atoms with Crippen LogP contribution in [0.4, 0.5) is 24.7 Å². The lowest BCUT2D eigenvalue weighted by atomic mass is 9.93. The smallest absolute Gasteiger partial charge is 0.370 e. The second kappa shape index (κ2) is 11.2. The Labute approximate surface area is 249 Å². The Morgan fingerprint density at radius 2 is 1.86 bits per heavy atom.